The predicted octanol–water partition coefficient (Wildman–Crippen LogP) is 4.04. The molecule has 0 bridgehead atoms. The fourth-order valence-electron chi connectivity index (χ4n) is 2.02. The zero-order chi connectivity index (χ0) is 17.9. The van der Waals surface area contributed by atoms with E-state index >= 15 is 0 Å². The van der Waals surface area contributed by atoms with Gasteiger partial charge in [0.2, 0.25) is 5.91 Å². The van der Waals surface area contributed by atoms with E-state index in [0.717, 1.165) is 0 Å². The molecule has 0 saturated heterocycles. The fourth-order valence-corrected chi connectivity index (χ4v) is 3.53. The molecule has 128 valence electrons. The summed E-state index contributed by atoms with van der Waals surface area (Å²) in [6, 6.07) is 11.2. The first-order valence-corrected chi connectivity index (χ1v) is 9.25. The van der Waals surface area contributed by atoms with Crippen molar-refractivity contribution in [3.63, 3.8) is 0 Å². The first-order valence-electron chi connectivity index (χ1n) is 7.39. The molecule has 0 aliphatic heterocycles. The number of hydrogen-bond donors (Lipinski definition) is 2. The van der Waals surface area contributed by atoms with Crippen LogP contribution in [0.2, 0.25) is 5.02 Å². The molecule has 2 aromatic carbocycles. The lowest BCUT2D eigenvalue weighted by atomic mass is 10.2. The number of anilines is 2. The minimum atomic E-state index is -3.80. The molecule has 2 rings (SSSR count). The molecule has 5 nitrogen and oxygen atoms in total. The Morgan fingerprint density at radius 3 is 2.42 bits per heavy atom. The Labute approximate surface area is 147 Å². The molecule has 0 saturated carbocycles. The third kappa shape index (κ3) is 4.49. The van der Waals surface area contributed by atoms with Crippen molar-refractivity contribution in [2.75, 3.05) is 10.0 Å². The van der Waals surface area contributed by atoms with Crippen molar-refractivity contribution in [1.82, 2.24) is 0 Å². The Bertz CT molecular complexity index is 864. The molecule has 0 aliphatic rings. The number of sulfonamides is 1. The van der Waals surface area contributed by atoms with Gasteiger partial charge in [-0.05, 0) is 42.8 Å². The van der Waals surface area contributed by atoms with E-state index in [0.29, 0.717) is 22.0 Å². The summed E-state index contributed by atoms with van der Waals surface area (Å²) >= 11 is 5.88. The van der Waals surface area contributed by atoms with Crippen LogP contribution in [0.1, 0.15) is 19.4 Å². The molecular weight excluding hydrogens is 348 g/mol. The number of amides is 1. The summed E-state index contributed by atoms with van der Waals surface area (Å²) in [6.07, 6.45) is 0. The lowest BCUT2D eigenvalue weighted by Gasteiger charge is -2.13. The zero-order valence-corrected chi connectivity index (χ0v) is 15.2. The summed E-state index contributed by atoms with van der Waals surface area (Å²) in [5.41, 5.74) is 1.39. The van der Waals surface area contributed by atoms with Gasteiger partial charge in [-0.25, -0.2) is 8.42 Å². The number of carbonyl (C=O) groups excluding carboxylic acids is 1. The van der Waals surface area contributed by atoms with Crippen LogP contribution in [-0.2, 0) is 14.8 Å². The van der Waals surface area contributed by atoms with Crippen LogP contribution in [0.15, 0.2) is 47.4 Å². The molecule has 0 radical (unpaired) electrons. The number of aryl methyl sites for hydroxylation is 1. The second kappa shape index (κ2) is 7.23. The van der Waals surface area contributed by atoms with Gasteiger partial charge in [0.05, 0.1) is 10.6 Å². The van der Waals surface area contributed by atoms with Gasteiger partial charge in [0.25, 0.3) is 10.0 Å². The maximum absolute atomic E-state index is 12.6. The van der Waals surface area contributed by atoms with E-state index in [-0.39, 0.29) is 16.7 Å². The Hall–Kier alpha value is -2.05. The lowest BCUT2D eigenvalue weighted by Crippen LogP contribution is -2.19. The predicted molar refractivity (Wildman–Crippen MR) is 96.9 cm³/mol. The monoisotopic (exact) mass is 366 g/mol. The van der Waals surface area contributed by atoms with Gasteiger partial charge in [-0.15, -0.1) is 0 Å². The van der Waals surface area contributed by atoms with Gasteiger partial charge in [-0.2, -0.15) is 0 Å². The minimum Gasteiger partial charge on any atom is -0.326 e. The second-order valence-corrected chi connectivity index (χ2v) is 7.83. The van der Waals surface area contributed by atoms with Crippen LogP contribution < -0.4 is 10.0 Å². The van der Waals surface area contributed by atoms with Crippen molar-refractivity contribution in [2.45, 2.75) is 25.7 Å². The normalized spacial score (nSPS) is 11.4. The average molecular weight is 367 g/mol. The van der Waals surface area contributed by atoms with Crippen molar-refractivity contribution in [2.24, 2.45) is 5.92 Å². The van der Waals surface area contributed by atoms with Gasteiger partial charge < -0.3 is 5.32 Å². The van der Waals surface area contributed by atoms with Crippen LogP contribution in [0.4, 0.5) is 11.4 Å². The van der Waals surface area contributed by atoms with E-state index in [1.54, 1.807) is 51.1 Å². The standard InChI is InChI=1S/C17H19ClN2O3S/c1-11(2)17(21)19-14-8-7-12(3)16(10-14)24(22,23)20-15-6-4-5-13(18)9-15/h4-11,20H,1-3H3,(H,19,21). The smallest absolute Gasteiger partial charge is 0.262 e. The Morgan fingerprint density at radius 1 is 1.08 bits per heavy atom. The molecule has 0 unspecified atom stereocenters. The van der Waals surface area contributed by atoms with Crippen molar-refractivity contribution >= 4 is 38.9 Å². The molecule has 24 heavy (non-hydrogen) atoms. The van der Waals surface area contributed by atoms with Gasteiger partial charge in [0.1, 0.15) is 0 Å². The minimum absolute atomic E-state index is 0.101. The van der Waals surface area contributed by atoms with E-state index in [4.69, 9.17) is 11.6 Å². The molecule has 0 spiro atoms. The highest BCUT2D eigenvalue weighted by Crippen LogP contribution is 2.24. The molecule has 0 fully saturated rings. The molecule has 2 aromatic rings. The third-order valence-corrected chi connectivity index (χ3v) is 5.10. The Morgan fingerprint density at radius 2 is 1.79 bits per heavy atom. The number of carbonyl (C=O) groups is 1. The SMILES string of the molecule is Cc1ccc(NC(=O)C(C)C)cc1S(=O)(=O)Nc1cccc(Cl)c1. The van der Waals surface area contributed by atoms with Crippen molar-refractivity contribution < 1.29 is 13.2 Å². The fraction of sp³-hybridized carbons (Fsp3) is 0.235. The van der Waals surface area contributed by atoms with E-state index in [2.05, 4.69) is 10.0 Å². The van der Waals surface area contributed by atoms with Crippen LogP contribution in [0.5, 0.6) is 0 Å². The molecular formula is C17H19ClN2O3S. The van der Waals surface area contributed by atoms with Crippen molar-refractivity contribution in [1.29, 1.82) is 0 Å². The second-order valence-electron chi connectivity index (χ2n) is 5.74. The maximum Gasteiger partial charge on any atom is 0.262 e. The summed E-state index contributed by atoms with van der Waals surface area (Å²) in [5.74, 6) is -0.374. The molecule has 0 atom stereocenters. The molecule has 7 heteroatoms. The number of hydrogen-bond acceptors (Lipinski definition) is 3. The zero-order valence-electron chi connectivity index (χ0n) is 13.6. The summed E-state index contributed by atoms with van der Waals surface area (Å²) in [7, 11) is -3.80. The van der Waals surface area contributed by atoms with Gasteiger partial charge >= 0.3 is 0 Å². The largest absolute Gasteiger partial charge is 0.326 e. The highest BCUT2D eigenvalue weighted by molar-refractivity contribution is 7.92. The van der Waals surface area contributed by atoms with Gasteiger partial charge in [0.15, 0.2) is 0 Å². The highest BCUT2D eigenvalue weighted by Gasteiger charge is 2.18. The number of halogens is 1. The summed E-state index contributed by atoms with van der Waals surface area (Å²) in [4.78, 5) is 11.9. The van der Waals surface area contributed by atoms with Crippen molar-refractivity contribution in [3.05, 3.63) is 53.1 Å². The lowest BCUT2D eigenvalue weighted by molar-refractivity contribution is -0.118. The molecule has 0 aliphatic carbocycles. The Kier molecular flexibility index (Phi) is 5.51. The average Bonchev–Trinajstić information content (AvgIpc) is 2.48. The van der Waals surface area contributed by atoms with Crippen LogP contribution >= 0.6 is 11.6 Å². The van der Waals surface area contributed by atoms with E-state index in [1.807, 2.05) is 0 Å². The Balaban J connectivity index is 2.33. The van der Waals surface area contributed by atoms with Crippen LogP contribution in [0, 0.1) is 12.8 Å². The van der Waals surface area contributed by atoms with Crippen LogP contribution in [-0.4, -0.2) is 14.3 Å². The third-order valence-electron chi connectivity index (χ3n) is 3.35. The molecule has 0 aromatic heterocycles. The number of rotatable bonds is 5. The number of nitrogens with one attached hydrogen (secondary N) is 2. The first kappa shape index (κ1) is 18.3. The van der Waals surface area contributed by atoms with Crippen LogP contribution in [0.3, 0.4) is 0 Å². The number of benzene rings is 2. The highest BCUT2D eigenvalue weighted by atomic mass is 35.5. The molecule has 2 N–H and O–H groups in total. The van der Waals surface area contributed by atoms with Crippen molar-refractivity contribution in [3.8, 4) is 0 Å². The molecule has 0 heterocycles. The summed E-state index contributed by atoms with van der Waals surface area (Å²) < 4.78 is 27.8. The van der Waals surface area contributed by atoms with Gasteiger partial charge in [-0.3, -0.25) is 9.52 Å². The quantitative estimate of drug-likeness (QED) is 0.838. The van der Waals surface area contributed by atoms with Crippen LogP contribution in [0.25, 0.3) is 0 Å². The van der Waals surface area contributed by atoms with E-state index in [1.165, 1.54) is 12.1 Å². The van der Waals surface area contributed by atoms with E-state index in [9.17, 15) is 13.2 Å². The maximum atomic E-state index is 12.6. The summed E-state index contributed by atoms with van der Waals surface area (Å²) in [6.45, 7) is 5.23. The first-order chi connectivity index (χ1) is 11.2. The summed E-state index contributed by atoms with van der Waals surface area (Å²) in [5, 5.41) is 3.14. The van der Waals surface area contributed by atoms with Gasteiger partial charge in [0, 0.05) is 16.6 Å². The topological polar surface area (TPSA) is 75.3 Å². The molecule has 1 amide bonds. The van der Waals surface area contributed by atoms with Gasteiger partial charge in [-0.1, -0.05) is 37.6 Å². The van der Waals surface area contributed by atoms with E-state index < -0.39 is 10.0 Å².